The van der Waals surface area contributed by atoms with E-state index in [0.29, 0.717) is 23.7 Å². The molecule has 7 nitrogen and oxygen atoms in total. The largest absolute Gasteiger partial charge is 0.493 e. The molecule has 1 fully saturated rings. The lowest BCUT2D eigenvalue weighted by molar-refractivity contribution is 0.0378. The summed E-state index contributed by atoms with van der Waals surface area (Å²) >= 11 is 0. The Hall–Kier alpha value is -3.71. The normalized spacial score (nSPS) is 13.9. The van der Waals surface area contributed by atoms with Crippen molar-refractivity contribution in [1.29, 1.82) is 0 Å². The Balaban J connectivity index is 1.28. The van der Waals surface area contributed by atoms with Gasteiger partial charge in [0.25, 0.3) is 0 Å². The molecular weight excluding hydrogens is 468 g/mol. The summed E-state index contributed by atoms with van der Waals surface area (Å²) in [4.78, 5) is 17.3. The van der Waals surface area contributed by atoms with E-state index in [1.807, 2.05) is 68.4 Å². The first-order chi connectivity index (χ1) is 18.0. The molecule has 0 aliphatic carbocycles. The van der Waals surface area contributed by atoms with E-state index in [1.54, 1.807) is 14.2 Å². The standard InChI is InChI=1S/C30H36N2O5/c1-22(2)37-30(33)26-7-5-6-8-27(26)32-17-15-31(16-18-32)20-23-9-12-25(13-10-23)36-21-24-11-14-28(34-3)29(19-24)35-4/h5-14,19,22H,15-18,20-21H2,1-4H3. The zero-order valence-electron chi connectivity index (χ0n) is 22.1. The van der Waals surface area contributed by atoms with Crippen molar-refractivity contribution in [3.8, 4) is 17.2 Å². The van der Waals surface area contributed by atoms with Gasteiger partial charge in [-0.15, -0.1) is 0 Å². The average Bonchev–Trinajstić information content (AvgIpc) is 2.92. The number of methoxy groups -OCH3 is 2. The van der Waals surface area contributed by atoms with Crippen molar-refractivity contribution in [1.82, 2.24) is 4.90 Å². The summed E-state index contributed by atoms with van der Waals surface area (Å²) in [6, 6.07) is 21.8. The third-order valence-corrected chi connectivity index (χ3v) is 6.36. The number of ether oxygens (including phenoxy) is 4. The van der Waals surface area contributed by atoms with Gasteiger partial charge in [-0.2, -0.15) is 0 Å². The van der Waals surface area contributed by atoms with E-state index in [2.05, 4.69) is 21.9 Å². The first-order valence-corrected chi connectivity index (χ1v) is 12.7. The predicted octanol–water partition coefficient (Wildman–Crippen LogP) is 5.17. The van der Waals surface area contributed by atoms with Crippen molar-refractivity contribution in [2.45, 2.75) is 33.1 Å². The van der Waals surface area contributed by atoms with Crippen LogP contribution in [0.4, 0.5) is 5.69 Å². The lowest BCUT2D eigenvalue weighted by Crippen LogP contribution is -2.46. The number of esters is 1. The smallest absolute Gasteiger partial charge is 0.340 e. The summed E-state index contributed by atoms with van der Waals surface area (Å²) in [5, 5.41) is 0. The second-order valence-electron chi connectivity index (χ2n) is 9.36. The van der Waals surface area contributed by atoms with Gasteiger partial charge in [0.05, 0.1) is 31.6 Å². The average molecular weight is 505 g/mol. The van der Waals surface area contributed by atoms with Crippen molar-refractivity contribution < 1.29 is 23.7 Å². The van der Waals surface area contributed by atoms with Crippen LogP contribution in [-0.4, -0.2) is 57.4 Å². The number of carbonyl (C=O) groups excluding carboxylic acids is 1. The van der Waals surface area contributed by atoms with Gasteiger partial charge >= 0.3 is 5.97 Å². The van der Waals surface area contributed by atoms with Crippen molar-refractivity contribution in [3.05, 3.63) is 83.4 Å². The number of piperazine rings is 1. The van der Waals surface area contributed by atoms with Crippen molar-refractivity contribution in [3.63, 3.8) is 0 Å². The van der Waals surface area contributed by atoms with Crippen LogP contribution in [0.25, 0.3) is 0 Å². The molecule has 0 atom stereocenters. The summed E-state index contributed by atoms with van der Waals surface area (Å²) in [7, 11) is 3.25. The number of anilines is 1. The van der Waals surface area contributed by atoms with E-state index in [-0.39, 0.29) is 12.1 Å². The topological polar surface area (TPSA) is 60.5 Å². The minimum atomic E-state index is -0.263. The molecule has 1 aliphatic heterocycles. The maximum Gasteiger partial charge on any atom is 0.340 e. The Morgan fingerprint density at radius 2 is 1.51 bits per heavy atom. The summed E-state index contributed by atoms with van der Waals surface area (Å²) in [6.45, 7) is 8.63. The van der Waals surface area contributed by atoms with Gasteiger partial charge in [-0.05, 0) is 61.4 Å². The fraction of sp³-hybridized carbons (Fsp3) is 0.367. The molecule has 0 N–H and O–H groups in total. The minimum Gasteiger partial charge on any atom is -0.493 e. The Labute approximate surface area is 219 Å². The van der Waals surface area contributed by atoms with Gasteiger partial charge in [-0.1, -0.05) is 30.3 Å². The number of nitrogens with zero attached hydrogens (tertiary/aromatic N) is 2. The van der Waals surface area contributed by atoms with Crippen molar-refractivity contribution >= 4 is 11.7 Å². The molecule has 0 radical (unpaired) electrons. The molecule has 37 heavy (non-hydrogen) atoms. The number of para-hydroxylation sites is 1. The van der Waals surface area contributed by atoms with Crippen LogP contribution in [0.15, 0.2) is 66.7 Å². The second-order valence-corrected chi connectivity index (χ2v) is 9.36. The van der Waals surface area contributed by atoms with Gasteiger partial charge in [0.1, 0.15) is 12.4 Å². The molecule has 0 spiro atoms. The fourth-order valence-electron chi connectivity index (χ4n) is 4.43. The molecule has 1 aliphatic rings. The van der Waals surface area contributed by atoms with Crippen molar-refractivity contribution in [2.75, 3.05) is 45.3 Å². The zero-order chi connectivity index (χ0) is 26.2. The van der Waals surface area contributed by atoms with Gasteiger partial charge in [0.2, 0.25) is 0 Å². The molecule has 1 saturated heterocycles. The number of rotatable bonds is 10. The SMILES string of the molecule is COc1ccc(COc2ccc(CN3CCN(c4ccccc4C(=O)OC(C)C)CC3)cc2)cc1OC. The molecule has 0 bridgehead atoms. The fourth-order valence-corrected chi connectivity index (χ4v) is 4.43. The van der Waals surface area contributed by atoms with Gasteiger partial charge < -0.3 is 23.8 Å². The quantitative estimate of drug-likeness (QED) is 0.353. The highest BCUT2D eigenvalue weighted by atomic mass is 16.5. The molecule has 3 aromatic rings. The zero-order valence-corrected chi connectivity index (χ0v) is 22.1. The second kappa shape index (κ2) is 12.5. The summed E-state index contributed by atoms with van der Waals surface area (Å²) in [5.41, 5.74) is 3.84. The van der Waals surface area contributed by atoms with E-state index in [1.165, 1.54) is 5.56 Å². The van der Waals surface area contributed by atoms with E-state index in [0.717, 1.165) is 49.7 Å². The Morgan fingerprint density at radius 1 is 0.838 bits per heavy atom. The highest BCUT2D eigenvalue weighted by molar-refractivity contribution is 5.96. The highest BCUT2D eigenvalue weighted by Crippen LogP contribution is 2.28. The molecule has 0 amide bonds. The first-order valence-electron chi connectivity index (χ1n) is 12.7. The lowest BCUT2D eigenvalue weighted by atomic mass is 10.1. The highest BCUT2D eigenvalue weighted by Gasteiger charge is 2.22. The van der Waals surface area contributed by atoms with Gasteiger partial charge in [-0.3, -0.25) is 4.90 Å². The van der Waals surface area contributed by atoms with Crippen LogP contribution in [-0.2, 0) is 17.9 Å². The minimum absolute atomic E-state index is 0.139. The van der Waals surface area contributed by atoms with E-state index in [9.17, 15) is 4.79 Å². The van der Waals surface area contributed by atoms with Crippen LogP contribution in [0.5, 0.6) is 17.2 Å². The number of carbonyl (C=O) groups is 1. The summed E-state index contributed by atoms with van der Waals surface area (Å²) < 4.78 is 22.1. The molecule has 0 saturated carbocycles. The van der Waals surface area contributed by atoms with Gasteiger partial charge in [0.15, 0.2) is 11.5 Å². The first kappa shape index (κ1) is 26.4. The third-order valence-electron chi connectivity index (χ3n) is 6.36. The third kappa shape index (κ3) is 6.95. The maximum absolute atomic E-state index is 12.6. The number of benzene rings is 3. The Kier molecular flexibility index (Phi) is 8.90. The molecule has 4 rings (SSSR count). The molecule has 196 valence electrons. The monoisotopic (exact) mass is 504 g/mol. The molecule has 0 unspecified atom stereocenters. The van der Waals surface area contributed by atoms with E-state index >= 15 is 0 Å². The Bertz CT molecular complexity index is 1170. The van der Waals surface area contributed by atoms with Crippen LogP contribution in [0.1, 0.15) is 35.3 Å². The molecule has 3 aromatic carbocycles. The molecule has 0 aromatic heterocycles. The summed E-state index contributed by atoms with van der Waals surface area (Å²) in [5.74, 6) is 1.96. The molecule has 1 heterocycles. The predicted molar refractivity (Wildman–Crippen MR) is 145 cm³/mol. The number of hydrogen-bond donors (Lipinski definition) is 0. The van der Waals surface area contributed by atoms with Crippen LogP contribution in [0, 0.1) is 0 Å². The molecule has 7 heteroatoms. The van der Waals surface area contributed by atoms with Gasteiger partial charge in [0, 0.05) is 32.7 Å². The van der Waals surface area contributed by atoms with Crippen LogP contribution >= 0.6 is 0 Å². The van der Waals surface area contributed by atoms with Crippen molar-refractivity contribution in [2.24, 2.45) is 0 Å². The van der Waals surface area contributed by atoms with Crippen LogP contribution in [0.3, 0.4) is 0 Å². The lowest BCUT2D eigenvalue weighted by Gasteiger charge is -2.36. The number of hydrogen-bond acceptors (Lipinski definition) is 7. The van der Waals surface area contributed by atoms with Crippen LogP contribution < -0.4 is 19.1 Å². The Morgan fingerprint density at radius 3 is 2.19 bits per heavy atom. The molecular formula is C30H36N2O5. The van der Waals surface area contributed by atoms with Crippen LogP contribution in [0.2, 0.25) is 0 Å². The maximum atomic E-state index is 12.6. The van der Waals surface area contributed by atoms with E-state index < -0.39 is 0 Å². The van der Waals surface area contributed by atoms with E-state index in [4.69, 9.17) is 18.9 Å². The summed E-state index contributed by atoms with van der Waals surface area (Å²) in [6.07, 6.45) is -0.139. The van der Waals surface area contributed by atoms with Gasteiger partial charge in [-0.25, -0.2) is 4.79 Å².